The second-order valence-electron chi connectivity index (χ2n) is 3.52. The molecule has 1 aromatic carbocycles. The Labute approximate surface area is 105 Å². The van der Waals surface area contributed by atoms with Gasteiger partial charge in [0.2, 0.25) is 0 Å². The lowest BCUT2D eigenvalue weighted by Gasteiger charge is -2.13. The van der Waals surface area contributed by atoms with Gasteiger partial charge in [0.25, 0.3) is 5.69 Å². The van der Waals surface area contributed by atoms with Gasteiger partial charge in [-0.3, -0.25) is 14.9 Å². The third kappa shape index (κ3) is 3.19. The van der Waals surface area contributed by atoms with Crippen LogP contribution in [0.5, 0.6) is 11.5 Å². The molecule has 0 aliphatic rings. The minimum absolute atomic E-state index is 0.126. The lowest BCUT2D eigenvalue weighted by molar-refractivity contribution is -0.385. The van der Waals surface area contributed by atoms with E-state index in [1.165, 1.54) is 12.1 Å². The van der Waals surface area contributed by atoms with E-state index in [-0.39, 0.29) is 22.7 Å². The zero-order valence-corrected chi connectivity index (χ0v) is 10.3. The van der Waals surface area contributed by atoms with E-state index in [0.29, 0.717) is 19.5 Å². The first-order chi connectivity index (χ1) is 8.63. The number of nitro benzene ring substituents is 1. The van der Waals surface area contributed by atoms with Crippen LogP contribution in [0.2, 0.25) is 0 Å². The van der Waals surface area contributed by atoms with Gasteiger partial charge in [-0.25, -0.2) is 0 Å². The fourth-order valence-corrected chi connectivity index (χ4v) is 1.42. The Bertz CT molecular complexity index is 444. The first-order valence-electron chi connectivity index (χ1n) is 5.67. The van der Waals surface area contributed by atoms with Crippen LogP contribution in [0.4, 0.5) is 5.69 Å². The van der Waals surface area contributed by atoms with Gasteiger partial charge in [0.1, 0.15) is 0 Å². The molecule has 18 heavy (non-hydrogen) atoms. The highest BCUT2D eigenvalue weighted by Gasteiger charge is 2.18. The van der Waals surface area contributed by atoms with Crippen molar-refractivity contribution in [1.82, 2.24) is 0 Å². The molecule has 6 heteroatoms. The van der Waals surface area contributed by atoms with Crippen LogP contribution in [-0.2, 0) is 0 Å². The lowest BCUT2D eigenvalue weighted by Crippen LogP contribution is -2.04. The molecule has 0 aliphatic carbocycles. The maximum Gasteiger partial charge on any atom is 0.274 e. The van der Waals surface area contributed by atoms with Gasteiger partial charge in [0.05, 0.1) is 29.8 Å². The van der Waals surface area contributed by atoms with E-state index in [9.17, 15) is 14.9 Å². The lowest BCUT2D eigenvalue weighted by atomic mass is 10.1. The molecule has 0 fully saturated rings. The number of hydrogen-bond acceptors (Lipinski definition) is 5. The van der Waals surface area contributed by atoms with Crippen LogP contribution in [-0.4, -0.2) is 24.4 Å². The topological polar surface area (TPSA) is 78.7 Å². The smallest absolute Gasteiger partial charge is 0.274 e. The number of carbonyl (C=O) groups is 1. The molecule has 0 atom stereocenters. The fourth-order valence-electron chi connectivity index (χ4n) is 1.42. The van der Waals surface area contributed by atoms with Gasteiger partial charge < -0.3 is 9.47 Å². The van der Waals surface area contributed by atoms with Crippen molar-refractivity contribution in [2.45, 2.75) is 20.3 Å². The molecule has 0 aromatic heterocycles. The molecule has 0 heterocycles. The van der Waals surface area contributed by atoms with E-state index in [1.807, 2.05) is 6.92 Å². The van der Waals surface area contributed by atoms with E-state index < -0.39 is 4.92 Å². The predicted molar refractivity (Wildman–Crippen MR) is 65.4 cm³/mol. The number of ether oxygens (including phenoxy) is 2. The molecular weight excluding hydrogens is 238 g/mol. The second-order valence-corrected chi connectivity index (χ2v) is 3.52. The summed E-state index contributed by atoms with van der Waals surface area (Å²) in [5.74, 6) is 0.488. The Kier molecular flexibility index (Phi) is 5.10. The maximum absolute atomic E-state index is 11.0. The summed E-state index contributed by atoms with van der Waals surface area (Å²) in [5, 5.41) is 10.7. The summed E-state index contributed by atoms with van der Waals surface area (Å²) in [7, 11) is 0. The largest absolute Gasteiger partial charge is 0.490 e. The van der Waals surface area contributed by atoms with Crippen molar-refractivity contribution < 1.29 is 19.2 Å². The van der Waals surface area contributed by atoms with Crippen molar-refractivity contribution in [2.75, 3.05) is 13.2 Å². The SMILES string of the molecule is CCCOc1c(C=O)cc([N+](=O)[O-])cc1OCC. The number of hydrogen-bond donors (Lipinski definition) is 0. The molecule has 0 radical (unpaired) electrons. The van der Waals surface area contributed by atoms with Crippen LogP contribution < -0.4 is 9.47 Å². The number of carbonyl (C=O) groups excluding carboxylic acids is 1. The minimum Gasteiger partial charge on any atom is -0.490 e. The molecule has 0 aliphatic heterocycles. The van der Waals surface area contributed by atoms with E-state index >= 15 is 0 Å². The van der Waals surface area contributed by atoms with Crippen LogP contribution in [0, 0.1) is 10.1 Å². The first kappa shape index (κ1) is 14.0. The summed E-state index contributed by atoms with van der Waals surface area (Å²) in [6.45, 7) is 4.43. The van der Waals surface area contributed by atoms with Gasteiger partial charge in [-0.2, -0.15) is 0 Å². The van der Waals surface area contributed by atoms with E-state index in [4.69, 9.17) is 9.47 Å². The average molecular weight is 253 g/mol. The van der Waals surface area contributed by atoms with Crippen LogP contribution in [0.3, 0.4) is 0 Å². The summed E-state index contributed by atoms with van der Waals surface area (Å²) in [6.07, 6.45) is 1.29. The Morgan fingerprint density at radius 1 is 1.33 bits per heavy atom. The highest BCUT2D eigenvalue weighted by atomic mass is 16.6. The van der Waals surface area contributed by atoms with Gasteiger partial charge in [0, 0.05) is 6.07 Å². The summed E-state index contributed by atoms with van der Waals surface area (Å²) in [5.41, 5.74) is -0.0644. The van der Waals surface area contributed by atoms with Crippen LogP contribution in [0.15, 0.2) is 12.1 Å². The molecule has 6 nitrogen and oxygen atoms in total. The molecule has 0 unspecified atom stereocenters. The number of nitrogens with zero attached hydrogens (tertiary/aromatic N) is 1. The minimum atomic E-state index is -0.570. The quantitative estimate of drug-likeness (QED) is 0.424. The van der Waals surface area contributed by atoms with Crippen molar-refractivity contribution in [3.8, 4) is 11.5 Å². The molecule has 0 bridgehead atoms. The predicted octanol–water partition coefficient (Wildman–Crippen LogP) is 2.59. The van der Waals surface area contributed by atoms with Crippen molar-refractivity contribution in [1.29, 1.82) is 0 Å². The third-order valence-electron chi connectivity index (χ3n) is 2.16. The monoisotopic (exact) mass is 253 g/mol. The Balaban J connectivity index is 3.26. The van der Waals surface area contributed by atoms with E-state index in [2.05, 4.69) is 0 Å². The maximum atomic E-state index is 11.0. The molecule has 0 saturated carbocycles. The second kappa shape index (κ2) is 6.58. The molecule has 0 N–H and O–H groups in total. The van der Waals surface area contributed by atoms with Crippen LogP contribution in [0.1, 0.15) is 30.6 Å². The number of aldehydes is 1. The van der Waals surface area contributed by atoms with Crippen molar-refractivity contribution in [2.24, 2.45) is 0 Å². The van der Waals surface area contributed by atoms with Crippen molar-refractivity contribution >= 4 is 12.0 Å². The number of nitro groups is 1. The molecule has 0 amide bonds. The van der Waals surface area contributed by atoms with E-state index in [1.54, 1.807) is 6.92 Å². The van der Waals surface area contributed by atoms with Gasteiger partial charge >= 0.3 is 0 Å². The number of non-ortho nitro benzene ring substituents is 1. The third-order valence-corrected chi connectivity index (χ3v) is 2.16. The summed E-state index contributed by atoms with van der Waals surface area (Å²) in [4.78, 5) is 21.1. The van der Waals surface area contributed by atoms with Crippen molar-refractivity contribution in [3.63, 3.8) is 0 Å². The first-order valence-corrected chi connectivity index (χ1v) is 5.67. The number of benzene rings is 1. The van der Waals surface area contributed by atoms with Crippen LogP contribution in [0.25, 0.3) is 0 Å². The van der Waals surface area contributed by atoms with Gasteiger partial charge in [-0.05, 0) is 13.3 Å². The summed E-state index contributed by atoms with van der Waals surface area (Å²) >= 11 is 0. The Morgan fingerprint density at radius 2 is 2.06 bits per heavy atom. The standard InChI is InChI=1S/C12H15NO5/c1-3-5-18-12-9(8-14)6-10(13(15)16)7-11(12)17-4-2/h6-8H,3-5H2,1-2H3. The Hall–Kier alpha value is -2.11. The molecular formula is C12H15NO5. The van der Waals surface area contributed by atoms with Crippen LogP contribution >= 0.6 is 0 Å². The average Bonchev–Trinajstić information content (AvgIpc) is 2.36. The summed E-state index contributed by atoms with van der Waals surface area (Å²) in [6, 6.07) is 2.45. The van der Waals surface area contributed by atoms with Gasteiger partial charge in [-0.15, -0.1) is 0 Å². The Morgan fingerprint density at radius 3 is 2.56 bits per heavy atom. The normalized spacial score (nSPS) is 9.89. The molecule has 0 saturated heterocycles. The fraction of sp³-hybridized carbons (Fsp3) is 0.417. The number of rotatable bonds is 7. The zero-order valence-electron chi connectivity index (χ0n) is 10.3. The van der Waals surface area contributed by atoms with E-state index in [0.717, 1.165) is 6.42 Å². The highest BCUT2D eigenvalue weighted by Crippen LogP contribution is 2.35. The molecule has 1 rings (SSSR count). The highest BCUT2D eigenvalue weighted by molar-refractivity contribution is 5.83. The van der Waals surface area contributed by atoms with Crippen molar-refractivity contribution in [3.05, 3.63) is 27.8 Å². The van der Waals surface area contributed by atoms with Gasteiger partial charge in [-0.1, -0.05) is 6.92 Å². The molecule has 98 valence electrons. The zero-order chi connectivity index (χ0) is 13.5. The molecule has 0 spiro atoms. The summed E-state index contributed by atoms with van der Waals surface area (Å²) < 4.78 is 10.7. The van der Waals surface area contributed by atoms with Gasteiger partial charge in [0.15, 0.2) is 17.8 Å². The molecule has 1 aromatic rings.